The van der Waals surface area contributed by atoms with Gasteiger partial charge in [0.1, 0.15) is 11.4 Å². The molecule has 1 amide bonds. The minimum atomic E-state index is -0.923. The van der Waals surface area contributed by atoms with Gasteiger partial charge in [0.15, 0.2) is 17.3 Å². The Hall–Kier alpha value is -5.98. The number of dihydropyridines is 1. The first kappa shape index (κ1) is 28.5. The third-order valence-electron chi connectivity index (χ3n) is 6.28. The number of allylic oxidation sites excluding steroid dienone is 3. The minimum Gasteiger partial charge on any atom is -0.452 e. The Balaban J connectivity index is 1.41. The summed E-state index contributed by atoms with van der Waals surface area (Å²) in [7, 11) is 0. The second-order valence-electron chi connectivity index (χ2n) is 9.02. The molecule has 216 valence electrons. The van der Waals surface area contributed by atoms with Crippen LogP contribution >= 0.6 is 0 Å². The molecule has 2 aromatic heterocycles. The number of hydrogen-bond donors (Lipinski definition) is 3. The summed E-state index contributed by atoms with van der Waals surface area (Å²) in [5, 5.41) is 12.9. The Kier molecular flexibility index (Phi) is 8.14. The highest BCUT2D eigenvalue weighted by molar-refractivity contribution is 6.03. The zero-order valence-electron chi connectivity index (χ0n) is 22.5. The Morgan fingerprint density at radius 3 is 2.60 bits per heavy atom. The highest BCUT2D eigenvalue weighted by Crippen LogP contribution is 2.28. The summed E-state index contributed by atoms with van der Waals surface area (Å²) >= 11 is 0. The molecule has 0 spiro atoms. The molecule has 0 bridgehead atoms. The first-order valence-electron chi connectivity index (χ1n) is 12.9. The van der Waals surface area contributed by atoms with Gasteiger partial charge in [-0.05, 0) is 55.5 Å². The van der Waals surface area contributed by atoms with E-state index in [1.165, 1.54) is 42.7 Å². The molecule has 4 aromatic rings. The number of aromatic nitrogens is 4. The van der Waals surface area contributed by atoms with Gasteiger partial charge < -0.3 is 20.8 Å². The van der Waals surface area contributed by atoms with Gasteiger partial charge in [0.25, 0.3) is 11.5 Å². The monoisotopic (exact) mass is 583 g/mol. The summed E-state index contributed by atoms with van der Waals surface area (Å²) < 4.78 is 36.4. The largest absolute Gasteiger partial charge is 0.452 e. The number of anilines is 1. The standard InChI is InChI=1S/C30H23F2N7O4/c1-2-38-17-22(29(41)39(30(38)42)21-6-3-19(31)4-7-21)28(40)37-20-5-8-26(23(32)14-20)43-27-13-18(15-36-24(27)9-10-33)25-16-34-11-12-35-25/h3-17,33,36H,2H2,1H3,(H,37,40)/b24-9-,33-10?. The lowest BCUT2D eigenvalue weighted by atomic mass is 10.1. The van der Waals surface area contributed by atoms with E-state index in [4.69, 9.17) is 10.1 Å². The smallest absolute Gasteiger partial charge is 0.335 e. The van der Waals surface area contributed by atoms with Gasteiger partial charge in [0, 0.05) is 54.9 Å². The van der Waals surface area contributed by atoms with Crippen LogP contribution in [-0.4, -0.2) is 31.2 Å². The normalized spacial score (nSPS) is 13.5. The molecule has 0 radical (unpaired) electrons. The molecule has 0 fully saturated rings. The molecular formula is C30H23F2N7O4. The molecule has 11 nitrogen and oxygen atoms in total. The molecule has 0 atom stereocenters. The van der Waals surface area contributed by atoms with Gasteiger partial charge in [0.05, 0.1) is 23.3 Å². The van der Waals surface area contributed by atoms with Crippen LogP contribution in [0, 0.1) is 17.0 Å². The number of nitrogens with one attached hydrogen (secondary N) is 3. The fourth-order valence-corrected chi connectivity index (χ4v) is 4.16. The summed E-state index contributed by atoms with van der Waals surface area (Å²) in [6, 6.07) is 8.36. The van der Waals surface area contributed by atoms with E-state index in [2.05, 4.69) is 20.6 Å². The SMILES string of the molecule is CCn1cc(C(=O)Nc2ccc(OC3=CC(c4cnccn4)=CN/C3=C\C=N)c(F)c2)c(=O)n(-c2ccc(F)cc2)c1=O. The minimum absolute atomic E-state index is 0.0166. The molecule has 0 aliphatic carbocycles. The number of benzene rings is 2. The molecule has 2 aromatic carbocycles. The van der Waals surface area contributed by atoms with E-state index in [9.17, 15) is 18.8 Å². The Labute approximate surface area is 242 Å². The van der Waals surface area contributed by atoms with E-state index in [1.807, 2.05) is 0 Å². The average Bonchev–Trinajstić information content (AvgIpc) is 3.01. The second kappa shape index (κ2) is 12.3. The molecule has 3 N–H and O–H groups in total. The van der Waals surface area contributed by atoms with Crippen LogP contribution in [0.1, 0.15) is 23.0 Å². The Morgan fingerprint density at radius 2 is 1.93 bits per heavy atom. The van der Waals surface area contributed by atoms with Crippen LogP contribution in [0.4, 0.5) is 14.5 Å². The van der Waals surface area contributed by atoms with Gasteiger partial charge in [-0.2, -0.15) is 0 Å². The van der Waals surface area contributed by atoms with Crippen LogP contribution in [0.3, 0.4) is 0 Å². The topological polar surface area (TPSA) is 144 Å². The molecule has 0 unspecified atom stereocenters. The molecule has 43 heavy (non-hydrogen) atoms. The number of nitrogens with zero attached hydrogens (tertiary/aromatic N) is 4. The van der Waals surface area contributed by atoms with Crippen molar-refractivity contribution in [2.45, 2.75) is 13.5 Å². The summed E-state index contributed by atoms with van der Waals surface area (Å²) in [4.78, 5) is 47.4. The summed E-state index contributed by atoms with van der Waals surface area (Å²) in [6.45, 7) is 1.80. The van der Waals surface area contributed by atoms with Gasteiger partial charge in [-0.25, -0.2) is 18.1 Å². The number of carbonyl (C=O) groups excluding carboxylic acids is 1. The first-order chi connectivity index (χ1) is 20.8. The number of carbonyl (C=O) groups is 1. The van der Waals surface area contributed by atoms with E-state index in [-0.39, 0.29) is 35.0 Å². The summed E-state index contributed by atoms with van der Waals surface area (Å²) in [5.41, 5.74) is -0.371. The highest BCUT2D eigenvalue weighted by Gasteiger charge is 2.20. The first-order valence-corrected chi connectivity index (χ1v) is 12.9. The van der Waals surface area contributed by atoms with Crippen molar-refractivity contribution in [2.75, 3.05) is 5.32 Å². The van der Waals surface area contributed by atoms with Crippen molar-refractivity contribution in [1.82, 2.24) is 24.4 Å². The van der Waals surface area contributed by atoms with Crippen molar-refractivity contribution < 1.29 is 18.3 Å². The van der Waals surface area contributed by atoms with Crippen LogP contribution in [0.5, 0.6) is 5.75 Å². The van der Waals surface area contributed by atoms with Crippen LogP contribution in [0.15, 0.2) is 107 Å². The van der Waals surface area contributed by atoms with Crippen molar-refractivity contribution in [3.05, 3.63) is 141 Å². The lowest BCUT2D eigenvalue weighted by Gasteiger charge is -2.19. The van der Waals surface area contributed by atoms with Crippen LogP contribution in [0.2, 0.25) is 0 Å². The van der Waals surface area contributed by atoms with E-state index >= 15 is 4.39 Å². The maximum Gasteiger partial charge on any atom is 0.335 e. The summed E-state index contributed by atoms with van der Waals surface area (Å²) in [5.74, 6) is -2.25. The van der Waals surface area contributed by atoms with E-state index < -0.39 is 28.8 Å². The lowest BCUT2D eigenvalue weighted by Crippen LogP contribution is -2.42. The third kappa shape index (κ3) is 6.05. The number of amides is 1. The molecule has 3 heterocycles. The molecule has 0 saturated carbocycles. The predicted molar refractivity (Wildman–Crippen MR) is 155 cm³/mol. The fraction of sp³-hybridized carbons (Fsp3) is 0.0667. The zero-order chi connectivity index (χ0) is 30.5. The van der Waals surface area contributed by atoms with Crippen molar-refractivity contribution in [1.29, 1.82) is 5.41 Å². The Bertz CT molecular complexity index is 1930. The predicted octanol–water partition coefficient (Wildman–Crippen LogP) is 3.78. The van der Waals surface area contributed by atoms with Crippen LogP contribution < -0.4 is 26.6 Å². The molecule has 0 saturated heterocycles. The third-order valence-corrected chi connectivity index (χ3v) is 6.28. The van der Waals surface area contributed by atoms with Gasteiger partial charge in [-0.1, -0.05) is 0 Å². The molecule has 13 heteroatoms. The van der Waals surface area contributed by atoms with Crippen molar-refractivity contribution in [2.24, 2.45) is 0 Å². The molecular weight excluding hydrogens is 560 g/mol. The van der Waals surface area contributed by atoms with Gasteiger partial charge in [0.2, 0.25) is 0 Å². The van der Waals surface area contributed by atoms with Crippen LogP contribution in [0.25, 0.3) is 11.3 Å². The average molecular weight is 584 g/mol. The fourth-order valence-electron chi connectivity index (χ4n) is 4.16. The number of rotatable bonds is 8. The van der Waals surface area contributed by atoms with Gasteiger partial charge >= 0.3 is 5.69 Å². The second-order valence-corrected chi connectivity index (χ2v) is 9.02. The zero-order valence-corrected chi connectivity index (χ0v) is 22.5. The molecule has 5 rings (SSSR count). The van der Waals surface area contributed by atoms with Crippen molar-refractivity contribution >= 4 is 23.4 Å². The number of hydrogen-bond acceptors (Lipinski definition) is 8. The van der Waals surface area contributed by atoms with Gasteiger partial charge in [-0.15, -0.1) is 0 Å². The summed E-state index contributed by atoms with van der Waals surface area (Å²) in [6.07, 6.45) is 11.4. The van der Waals surface area contributed by atoms with E-state index in [1.54, 1.807) is 25.4 Å². The van der Waals surface area contributed by atoms with Gasteiger partial charge in [-0.3, -0.25) is 24.1 Å². The molecule has 1 aliphatic rings. The Morgan fingerprint density at radius 1 is 1.14 bits per heavy atom. The number of halogens is 2. The van der Waals surface area contributed by atoms with Crippen LogP contribution in [-0.2, 0) is 6.54 Å². The maximum atomic E-state index is 15.2. The number of ether oxygens (including phenoxy) is 1. The quantitative estimate of drug-likeness (QED) is 0.268. The van der Waals surface area contributed by atoms with E-state index in [0.717, 1.165) is 39.7 Å². The molecule has 1 aliphatic heterocycles. The maximum absolute atomic E-state index is 15.2. The highest BCUT2D eigenvalue weighted by atomic mass is 19.1. The number of aryl methyl sites for hydroxylation is 1. The van der Waals surface area contributed by atoms with Crippen molar-refractivity contribution in [3.8, 4) is 11.4 Å². The van der Waals surface area contributed by atoms with E-state index in [0.29, 0.717) is 17.0 Å². The lowest BCUT2D eigenvalue weighted by molar-refractivity contribution is 0.102. The van der Waals surface area contributed by atoms with Crippen molar-refractivity contribution in [3.63, 3.8) is 0 Å².